The van der Waals surface area contributed by atoms with Crippen molar-refractivity contribution in [2.24, 2.45) is 0 Å². The van der Waals surface area contributed by atoms with E-state index in [0.717, 1.165) is 0 Å². The minimum atomic E-state index is -0.731. The summed E-state index contributed by atoms with van der Waals surface area (Å²) in [4.78, 5) is 11.6. The van der Waals surface area contributed by atoms with Crippen LogP contribution >= 0.6 is 0 Å². The summed E-state index contributed by atoms with van der Waals surface area (Å²) in [5.41, 5.74) is 0. The molecular formula is C8H17NO3. The molecule has 0 saturated carbocycles. The third-order valence-corrected chi connectivity index (χ3v) is 1.78. The van der Waals surface area contributed by atoms with E-state index in [1.54, 1.807) is 13.8 Å². The van der Waals surface area contributed by atoms with Gasteiger partial charge in [0.25, 0.3) is 0 Å². The molecule has 0 radical (unpaired) electrons. The molecule has 4 heteroatoms. The first-order valence-corrected chi connectivity index (χ1v) is 4.22. The molecule has 0 saturated heterocycles. The van der Waals surface area contributed by atoms with E-state index in [-0.39, 0.29) is 6.54 Å². The van der Waals surface area contributed by atoms with Gasteiger partial charge in [0.1, 0.15) is 18.7 Å². The molecule has 0 aromatic heterocycles. The predicted octanol–water partition coefficient (Wildman–Crippen LogP) is -0.0559. The van der Waals surface area contributed by atoms with E-state index in [9.17, 15) is 15.0 Å². The largest absolute Gasteiger partial charge is 0.378 e. The summed E-state index contributed by atoms with van der Waals surface area (Å²) in [6.45, 7) is 3.67. The van der Waals surface area contributed by atoms with Crippen molar-refractivity contribution in [2.75, 3.05) is 6.54 Å². The van der Waals surface area contributed by atoms with Gasteiger partial charge in [0.05, 0.1) is 6.54 Å². The molecule has 0 aromatic rings. The maximum Gasteiger partial charge on any atom is 0.134 e. The third kappa shape index (κ3) is 3.30. The molecule has 0 fully saturated rings. The maximum atomic E-state index is 10.2. The van der Waals surface area contributed by atoms with Gasteiger partial charge in [-0.2, -0.15) is 0 Å². The highest BCUT2D eigenvalue weighted by atomic mass is 16.3. The molecule has 0 bridgehead atoms. The highest BCUT2D eigenvalue weighted by Crippen LogP contribution is 2.06. The summed E-state index contributed by atoms with van der Waals surface area (Å²) < 4.78 is 0. The molecule has 0 aliphatic rings. The van der Waals surface area contributed by atoms with Crippen molar-refractivity contribution < 1.29 is 15.0 Å². The molecule has 4 nitrogen and oxygen atoms in total. The van der Waals surface area contributed by atoms with Crippen LogP contribution in [0.4, 0.5) is 0 Å². The van der Waals surface area contributed by atoms with E-state index in [0.29, 0.717) is 19.1 Å². The van der Waals surface area contributed by atoms with Crippen molar-refractivity contribution in [1.29, 1.82) is 0 Å². The van der Waals surface area contributed by atoms with Gasteiger partial charge >= 0.3 is 0 Å². The van der Waals surface area contributed by atoms with E-state index in [2.05, 4.69) is 0 Å². The van der Waals surface area contributed by atoms with Crippen molar-refractivity contribution in [3.05, 3.63) is 0 Å². The second kappa shape index (κ2) is 6.11. The zero-order chi connectivity index (χ0) is 9.56. The lowest BCUT2D eigenvalue weighted by Gasteiger charge is -2.29. The summed E-state index contributed by atoms with van der Waals surface area (Å²) in [6.07, 6.45) is 0.225. The van der Waals surface area contributed by atoms with Gasteiger partial charge < -0.3 is 15.0 Å². The van der Waals surface area contributed by atoms with E-state index in [4.69, 9.17) is 0 Å². The molecule has 0 aromatic carbocycles. The average Bonchev–Trinajstić information content (AvgIpc) is 2.11. The number of aliphatic hydroxyl groups excluding tert-OH is 2. The fourth-order valence-electron chi connectivity index (χ4n) is 0.997. The van der Waals surface area contributed by atoms with Gasteiger partial charge in [-0.05, 0) is 12.8 Å². The van der Waals surface area contributed by atoms with Crippen molar-refractivity contribution in [1.82, 2.24) is 4.90 Å². The summed E-state index contributed by atoms with van der Waals surface area (Å²) in [6, 6.07) is 0. The summed E-state index contributed by atoms with van der Waals surface area (Å²) >= 11 is 0. The monoisotopic (exact) mass is 175 g/mol. The maximum absolute atomic E-state index is 10.2. The lowest BCUT2D eigenvalue weighted by atomic mass is 10.3. The molecule has 72 valence electrons. The predicted molar refractivity (Wildman–Crippen MR) is 45.4 cm³/mol. The van der Waals surface area contributed by atoms with Crippen molar-refractivity contribution in [3.8, 4) is 0 Å². The van der Waals surface area contributed by atoms with Gasteiger partial charge in [0.2, 0.25) is 0 Å². The van der Waals surface area contributed by atoms with Crippen molar-refractivity contribution >= 4 is 6.29 Å². The average molecular weight is 175 g/mol. The summed E-state index contributed by atoms with van der Waals surface area (Å²) in [5, 5.41) is 18.7. The first-order valence-electron chi connectivity index (χ1n) is 4.22. The minimum Gasteiger partial charge on any atom is -0.378 e. The highest BCUT2D eigenvalue weighted by Gasteiger charge is 2.19. The van der Waals surface area contributed by atoms with Gasteiger partial charge in [0, 0.05) is 0 Å². The van der Waals surface area contributed by atoms with Gasteiger partial charge in [0.15, 0.2) is 0 Å². The van der Waals surface area contributed by atoms with Crippen LogP contribution in [-0.2, 0) is 4.79 Å². The number of carbonyl (C=O) groups excluding carboxylic acids is 1. The van der Waals surface area contributed by atoms with Crippen LogP contribution < -0.4 is 0 Å². The summed E-state index contributed by atoms with van der Waals surface area (Å²) in [7, 11) is 0. The van der Waals surface area contributed by atoms with Crippen LogP contribution in [0.5, 0.6) is 0 Å². The molecular weight excluding hydrogens is 158 g/mol. The molecule has 2 unspecified atom stereocenters. The van der Waals surface area contributed by atoms with E-state index < -0.39 is 12.5 Å². The van der Waals surface area contributed by atoms with Crippen LogP contribution in [-0.4, -0.2) is 40.4 Å². The Labute approximate surface area is 72.8 Å². The van der Waals surface area contributed by atoms with Gasteiger partial charge in [-0.3, -0.25) is 0 Å². The standard InChI is InChI=1S/C8H17NO3/c1-3-7(11)9(5-6-10)8(12)4-2/h6-8,11-12H,3-5H2,1-2H3. The molecule has 0 aliphatic carbocycles. The molecule has 0 spiro atoms. The van der Waals surface area contributed by atoms with Crippen LogP contribution in [0.3, 0.4) is 0 Å². The van der Waals surface area contributed by atoms with Gasteiger partial charge in [-0.1, -0.05) is 13.8 Å². The fourth-order valence-corrected chi connectivity index (χ4v) is 0.997. The Morgan fingerprint density at radius 3 is 1.92 bits per heavy atom. The number of nitrogens with zero attached hydrogens (tertiary/aromatic N) is 1. The van der Waals surface area contributed by atoms with Crippen LogP contribution in [0.2, 0.25) is 0 Å². The van der Waals surface area contributed by atoms with E-state index >= 15 is 0 Å². The number of aliphatic hydroxyl groups is 2. The number of rotatable bonds is 6. The topological polar surface area (TPSA) is 60.8 Å². The van der Waals surface area contributed by atoms with Gasteiger partial charge in [-0.15, -0.1) is 0 Å². The van der Waals surface area contributed by atoms with Crippen LogP contribution in [0.25, 0.3) is 0 Å². The lowest BCUT2D eigenvalue weighted by molar-refractivity contribution is -0.126. The molecule has 2 atom stereocenters. The van der Waals surface area contributed by atoms with E-state index in [1.807, 2.05) is 0 Å². The van der Waals surface area contributed by atoms with Crippen LogP contribution in [0.15, 0.2) is 0 Å². The Balaban J connectivity index is 4.09. The Hall–Kier alpha value is -0.450. The molecule has 12 heavy (non-hydrogen) atoms. The zero-order valence-electron chi connectivity index (χ0n) is 7.60. The summed E-state index contributed by atoms with van der Waals surface area (Å²) in [5.74, 6) is 0. The lowest BCUT2D eigenvalue weighted by Crippen LogP contribution is -2.43. The first-order chi connectivity index (χ1) is 5.67. The normalized spacial score (nSPS) is 16.1. The van der Waals surface area contributed by atoms with Crippen LogP contribution in [0.1, 0.15) is 26.7 Å². The second-order valence-electron chi connectivity index (χ2n) is 2.64. The first kappa shape index (κ1) is 11.6. The van der Waals surface area contributed by atoms with Crippen molar-refractivity contribution in [3.63, 3.8) is 0 Å². The Kier molecular flexibility index (Phi) is 5.88. The number of carbonyl (C=O) groups is 1. The zero-order valence-corrected chi connectivity index (χ0v) is 7.60. The van der Waals surface area contributed by atoms with E-state index in [1.165, 1.54) is 4.90 Å². The minimum absolute atomic E-state index is 0.0734. The van der Waals surface area contributed by atoms with Crippen molar-refractivity contribution in [2.45, 2.75) is 39.1 Å². The molecule has 0 amide bonds. The number of hydrogen-bond acceptors (Lipinski definition) is 4. The number of aldehydes is 1. The molecule has 0 aliphatic heterocycles. The molecule has 2 N–H and O–H groups in total. The smallest absolute Gasteiger partial charge is 0.134 e. The third-order valence-electron chi connectivity index (χ3n) is 1.78. The molecule has 0 rings (SSSR count). The second-order valence-corrected chi connectivity index (χ2v) is 2.64. The Bertz CT molecular complexity index is 119. The molecule has 0 heterocycles. The Morgan fingerprint density at radius 2 is 1.67 bits per heavy atom. The fraction of sp³-hybridized carbons (Fsp3) is 0.875. The highest BCUT2D eigenvalue weighted by molar-refractivity contribution is 5.52. The van der Waals surface area contributed by atoms with Crippen LogP contribution in [0, 0.1) is 0 Å². The SMILES string of the molecule is CCC(O)N(CC=O)C(O)CC. The van der Waals surface area contributed by atoms with Gasteiger partial charge in [-0.25, -0.2) is 4.90 Å². The Morgan fingerprint density at radius 1 is 1.25 bits per heavy atom. The quantitative estimate of drug-likeness (QED) is 0.438. The number of hydrogen-bond donors (Lipinski definition) is 2.